The molecule has 0 bridgehead atoms. The number of hydrogen-bond acceptors (Lipinski definition) is 4. The Morgan fingerprint density at radius 2 is 1.96 bits per heavy atom. The van der Waals surface area contributed by atoms with Gasteiger partial charge in [0.15, 0.2) is 0 Å². The average molecular weight is 354 g/mol. The van der Waals surface area contributed by atoms with Gasteiger partial charge in [-0.2, -0.15) is 5.10 Å². The maximum atomic E-state index is 5.83. The molecule has 1 aromatic carbocycles. The van der Waals surface area contributed by atoms with Gasteiger partial charge in [0.1, 0.15) is 11.5 Å². The van der Waals surface area contributed by atoms with Crippen LogP contribution in [-0.2, 0) is 13.1 Å². The number of aromatic nitrogens is 4. The number of rotatable bonds is 8. The summed E-state index contributed by atoms with van der Waals surface area (Å²) in [5.74, 6) is 1.63. The Morgan fingerprint density at radius 3 is 2.69 bits per heavy atom. The summed E-state index contributed by atoms with van der Waals surface area (Å²) in [4.78, 5) is 4.34. The van der Waals surface area contributed by atoms with Gasteiger partial charge in [0.2, 0.25) is 0 Å². The molecule has 6 heteroatoms. The molecule has 2 aromatic heterocycles. The van der Waals surface area contributed by atoms with E-state index < -0.39 is 0 Å². The van der Waals surface area contributed by atoms with Crippen molar-refractivity contribution in [3.05, 3.63) is 48.2 Å². The van der Waals surface area contributed by atoms with E-state index in [1.54, 1.807) is 7.11 Å². The molecule has 0 saturated carbocycles. The van der Waals surface area contributed by atoms with E-state index in [9.17, 15) is 0 Å². The second-order valence-electron chi connectivity index (χ2n) is 6.21. The van der Waals surface area contributed by atoms with E-state index in [0.29, 0.717) is 6.61 Å². The first-order valence-electron chi connectivity index (χ1n) is 8.95. The molecule has 0 fully saturated rings. The highest BCUT2D eigenvalue weighted by Gasteiger charge is 2.16. The number of nitrogens with zero attached hydrogens (tertiary/aromatic N) is 4. The molecule has 3 rings (SSSR count). The molecule has 0 unspecified atom stereocenters. The number of benzene rings is 1. The molecule has 0 amide bonds. The molecule has 0 spiro atoms. The van der Waals surface area contributed by atoms with E-state index in [-0.39, 0.29) is 0 Å². The Bertz CT molecular complexity index is 867. The minimum Gasteiger partial charge on any atom is -0.497 e. The summed E-state index contributed by atoms with van der Waals surface area (Å²) in [7, 11) is 1.66. The summed E-state index contributed by atoms with van der Waals surface area (Å²) in [6, 6.07) is 7.68. The van der Waals surface area contributed by atoms with E-state index >= 15 is 0 Å². The molecule has 0 aliphatic rings. The smallest absolute Gasteiger partial charge is 0.122 e. The van der Waals surface area contributed by atoms with Crippen LogP contribution in [0, 0.1) is 13.8 Å². The fourth-order valence-electron chi connectivity index (χ4n) is 3.20. The molecule has 0 aliphatic heterocycles. The van der Waals surface area contributed by atoms with Crippen molar-refractivity contribution < 1.29 is 9.47 Å². The van der Waals surface area contributed by atoms with Crippen molar-refractivity contribution in [2.24, 2.45) is 0 Å². The van der Waals surface area contributed by atoms with Gasteiger partial charge in [-0.25, -0.2) is 4.98 Å². The first kappa shape index (κ1) is 18.0. The third-order valence-corrected chi connectivity index (χ3v) is 4.50. The largest absolute Gasteiger partial charge is 0.497 e. The zero-order chi connectivity index (χ0) is 18.5. The molecule has 0 saturated heterocycles. The quantitative estimate of drug-likeness (QED) is 0.577. The highest BCUT2D eigenvalue weighted by Crippen LogP contribution is 2.27. The van der Waals surface area contributed by atoms with Crippen LogP contribution >= 0.6 is 0 Å². The normalized spacial score (nSPS) is 10.9. The minimum absolute atomic E-state index is 0.636. The fourth-order valence-corrected chi connectivity index (χ4v) is 3.20. The van der Waals surface area contributed by atoms with Crippen LogP contribution in [0.5, 0.6) is 11.5 Å². The van der Waals surface area contributed by atoms with Crippen LogP contribution in [0.15, 0.2) is 36.8 Å². The second kappa shape index (κ2) is 8.08. The fraction of sp³-hybridized carbons (Fsp3) is 0.400. The molecule has 138 valence electrons. The first-order valence-corrected chi connectivity index (χ1v) is 8.95. The summed E-state index contributed by atoms with van der Waals surface area (Å²) in [5, 5.41) is 4.62. The zero-order valence-electron chi connectivity index (χ0n) is 15.9. The summed E-state index contributed by atoms with van der Waals surface area (Å²) in [6.45, 7) is 8.62. The van der Waals surface area contributed by atoms with E-state index in [4.69, 9.17) is 9.47 Å². The summed E-state index contributed by atoms with van der Waals surface area (Å²) >= 11 is 0. The Hall–Kier alpha value is -2.76. The molecule has 0 aliphatic carbocycles. The third kappa shape index (κ3) is 3.74. The molecule has 3 aromatic rings. The number of aryl methyl sites for hydroxylation is 3. The van der Waals surface area contributed by atoms with Crippen LogP contribution in [-0.4, -0.2) is 33.0 Å². The van der Waals surface area contributed by atoms with Crippen LogP contribution in [0.3, 0.4) is 0 Å². The SMILES string of the molecule is CCn1nc(C)c(-c2cncn2CCCOc2cccc(OC)c2)c1C. The van der Waals surface area contributed by atoms with E-state index in [1.807, 2.05) is 41.5 Å². The Morgan fingerprint density at radius 1 is 1.15 bits per heavy atom. The van der Waals surface area contributed by atoms with Crippen molar-refractivity contribution in [1.82, 2.24) is 19.3 Å². The minimum atomic E-state index is 0.636. The van der Waals surface area contributed by atoms with Gasteiger partial charge in [0, 0.05) is 30.4 Å². The van der Waals surface area contributed by atoms with Gasteiger partial charge in [-0.1, -0.05) is 6.07 Å². The van der Waals surface area contributed by atoms with Gasteiger partial charge < -0.3 is 14.0 Å². The standard InChI is InChI=1S/C20H26N4O2/c1-5-24-16(3)20(15(2)22-24)19-13-21-14-23(19)10-7-11-26-18-9-6-8-17(12-18)25-4/h6,8-9,12-14H,5,7,10-11H2,1-4H3. The van der Waals surface area contributed by atoms with E-state index in [1.165, 1.54) is 11.3 Å². The Kier molecular flexibility index (Phi) is 5.61. The molecular weight excluding hydrogens is 328 g/mol. The number of ether oxygens (including phenoxy) is 2. The summed E-state index contributed by atoms with van der Waals surface area (Å²) in [5.41, 5.74) is 4.51. The first-order chi connectivity index (χ1) is 12.6. The van der Waals surface area contributed by atoms with Gasteiger partial charge in [-0.05, 0) is 39.3 Å². The predicted molar refractivity (Wildman–Crippen MR) is 102 cm³/mol. The maximum Gasteiger partial charge on any atom is 0.122 e. The van der Waals surface area contributed by atoms with Crippen molar-refractivity contribution in [2.45, 2.75) is 40.3 Å². The number of hydrogen-bond donors (Lipinski definition) is 0. The molecule has 26 heavy (non-hydrogen) atoms. The van der Waals surface area contributed by atoms with Gasteiger partial charge in [0.25, 0.3) is 0 Å². The van der Waals surface area contributed by atoms with Crippen LogP contribution < -0.4 is 9.47 Å². The lowest BCUT2D eigenvalue weighted by molar-refractivity contribution is 0.300. The second-order valence-corrected chi connectivity index (χ2v) is 6.21. The predicted octanol–water partition coefficient (Wildman–Crippen LogP) is 3.86. The van der Waals surface area contributed by atoms with Gasteiger partial charge in [-0.15, -0.1) is 0 Å². The van der Waals surface area contributed by atoms with Gasteiger partial charge in [0.05, 0.1) is 37.6 Å². The van der Waals surface area contributed by atoms with Crippen LogP contribution in [0.4, 0.5) is 0 Å². The summed E-state index contributed by atoms with van der Waals surface area (Å²) in [6.07, 6.45) is 4.68. The topological polar surface area (TPSA) is 54.1 Å². The summed E-state index contributed by atoms with van der Waals surface area (Å²) < 4.78 is 15.3. The third-order valence-electron chi connectivity index (χ3n) is 4.50. The molecule has 0 atom stereocenters. The van der Waals surface area contributed by atoms with Crippen molar-refractivity contribution in [1.29, 1.82) is 0 Å². The molecule has 2 heterocycles. The average Bonchev–Trinajstić information content (AvgIpc) is 3.22. The van der Waals surface area contributed by atoms with Crippen LogP contribution in [0.1, 0.15) is 24.7 Å². The van der Waals surface area contributed by atoms with Crippen LogP contribution in [0.2, 0.25) is 0 Å². The van der Waals surface area contributed by atoms with Gasteiger partial charge >= 0.3 is 0 Å². The lowest BCUT2D eigenvalue weighted by Gasteiger charge is -2.10. The van der Waals surface area contributed by atoms with Crippen molar-refractivity contribution in [2.75, 3.05) is 13.7 Å². The van der Waals surface area contributed by atoms with E-state index in [0.717, 1.165) is 42.4 Å². The number of imidazole rings is 1. The van der Waals surface area contributed by atoms with Crippen molar-refractivity contribution in [3.63, 3.8) is 0 Å². The Labute approximate surface area is 154 Å². The molecular formula is C20H26N4O2. The Balaban J connectivity index is 1.64. The lowest BCUT2D eigenvalue weighted by Crippen LogP contribution is -2.05. The molecule has 6 nitrogen and oxygen atoms in total. The van der Waals surface area contributed by atoms with Gasteiger partial charge in [-0.3, -0.25) is 4.68 Å². The molecule has 0 N–H and O–H groups in total. The molecule has 0 radical (unpaired) electrons. The maximum absolute atomic E-state index is 5.83. The monoisotopic (exact) mass is 354 g/mol. The zero-order valence-corrected chi connectivity index (χ0v) is 15.9. The highest BCUT2D eigenvalue weighted by molar-refractivity contribution is 5.64. The van der Waals surface area contributed by atoms with Crippen molar-refractivity contribution in [3.8, 4) is 22.8 Å². The van der Waals surface area contributed by atoms with E-state index in [2.05, 4.69) is 35.4 Å². The van der Waals surface area contributed by atoms with Crippen molar-refractivity contribution >= 4 is 0 Å². The highest BCUT2D eigenvalue weighted by atomic mass is 16.5. The van der Waals surface area contributed by atoms with Crippen LogP contribution in [0.25, 0.3) is 11.3 Å². The lowest BCUT2D eigenvalue weighted by atomic mass is 10.1. The number of methoxy groups -OCH3 is 1.